The lowest BCUT2D eigenvalue weighted by Gasteiger charge is -2.31. The molecule has 0 rings (SSSR count). The van der Waals surface area contributed by atoms with Gasteiger partial charge in [-0.25, -0.2) is 0 Å². The summed E-state index contributed by atoms with van der Waals surface area (Å²) in [5.41, 5.74) is 5.04. The number of alkyl halides is 1. The molecule has 0 spiro atoms. The van der Waals surface area contributed by atoms with Gasteiger partial charge in [0.05, 0.1) is 5.33 Å². The number of halogens is 2. The molecule has 41 heavy (non-hydrogen) atoms. The fourth-order valence-electron chi connectivity index (χ4n) is 2.71. The van der Waals surface area contributed by atoms with Crippen LogP contribution in [0.3, 0.4) is 0 Å². The Morgan fingerprint density at radius 2 is 1.02 bits per heavy atom. The van der Waals surface area contributed by atoms with Crippen molar-refractivity contribution in [3.8, 4) is 0 Å². The van der Waals surface area contributed by atoms with Crippen LogP contribution in [0, 0.1) is 10.8 Å². The van der Waals surface area contributed by atoms with Crippen LogP contribution in [0.4, 0.5) is 0 Å². The van der Waals surface area contributed by atoms with Gasteiger partial charge in [-0.3, -0.25) is 14.4 Å². The zero-order valence-corrected chi connectivity index (χ0v) is 29.1. The number of esters is 2. The first kappa shape index (κ1) is 48.6. The van der Waals surface area contributed by atoms with E-state index >= 15 is 0 Å². The largest absolute Gasteiger partial charge is 0.460 e. The molecule has 0 heterocycles. The molecule has 0 aliphatic rings. The highest BCUT2D eigenvalue weighted by Crippen LogP contribution is 2.24. The third kappa shape index (κ3) is 37.9. The summed E-state index contributed by atoms with van der Waals surface area (Å²) in [7, 11) is 0. The van der Waals surface area contributed by atoms with Crippen LogP contribution in [0.1, 0.15) is 109 Å². The summed E-state index contributed by atoms with van der Waals surface area (Å²) in [6.45, 7) is 23.5. The first-order valence-corrected chi connectivity index (χ1v) is 14.0. The normalized spacial score (nSPS) is 12.2. The monoisotopic (exact) mass is 674 g/mol. The summed E-state index contributed by atoms with van der Waals surface area (Å²) < 4.78 is 10.5. The van der Waals surface area contributed by atoms with E-state index in [1.807, 2.05) is 62.3 Å². The van der Waals surface area contributed by atoms with Gasteiger partial charge < -0.3 is 20.5 Å². The summed E-state index contributed by atoms with van der Waals surface area (Å²) in [6.07, 6.45) is 2.47. The highest BCUT2D eigenvalue weighted by atomic mass is 79.9. The quantitative estimate of drug-likeness (QED) is 0.269. The summed E-state index contributed by atoms with van der Waals surface area (Å²) >= 11 is 3.13. The second-order valence-corrected chi connectivity index (χ2v) is 13.6. The van der Waals surface area contributed by atoms with Crippen LogP contribution < -0.4 is 11.1 Å². The molecule has 0 aromatic heterocycles. The fraction of sp³-hybridized carbons (Fsp3) is 0.821. The summed E-state index contributed by atoms with van der Waals surface area (Å²) in [5.74, 6) is -0.457. The van der Waals surface area contributed by atoms with Gasteiger partial charge in [0, 0.05) is 24.9 Å². The van der Waals surface area contributed by atoms with Gasteiger partial charge >= 0.3 is 24.2 Å². The smallest absolute Gasteiger partial charge is 0.373 e. The predicted molar refractivity (Wildman–Crippen MR) is 160 cm³/mol. The van der Waals surface area contributed by atoms with Gasteiger partial charge in [0.2, 0.25) is 5.91 Å². The molecule has 13 heteroatoms. The maximum absolute atomic E-state index is 11.7. The summed E-state index contributed by atoms with van der Waals surface area (Å²) in [4.78, 5) is 67.1. The van der Waals surface area contributed by atoms with Crippen molar-refractivity contribution in [2.45, 2.75) is 132 Å². The average Bonchev–Trinajstić information content (AvgIpc) is 2.72. The third-order valence-electron chi connectivity index (χ3n) is 4.75. The van der Waals surface area contributed by atoms with Gasteiger partial charge in [0.15, 0.2) is 0 Å². The number of ether oxygens (including phenoxy) is 2. The Balaban J connectivity index is -0.000000175. The van der Waals surface area contributed by atoms with Gasteiger partial charge in [0.1, 0.15) is 11.2 Å². The van der Waals surface area contributed by atoms with E-state index in [1.54, 1.807) is 0 Å². The number of nitrogens with two attached hydrogens (primary N) is 1. The van der Waals surface area contributed by atoms with Gasteiger partial charge in [-0.2, -0.15) is 19.2 Å². The highest BCUT2D eigenvalue weighted by molar-refractivity contribution is 9.09. The van der Waals surface area contributed by atoms with Crippen molar-refractivity contribution in [3.63, 3.8) is 0 Å². The first-order chi connectivity index (χ1) is 17.8. The Morgan fingerprint density at radius 3 is 1.27 bits per heavy atom. The summed E-state index contributed by atoms with van der Waals surface area (Å²) in [6, 6.07) is -0.0184. The molecule has 0 aromatic carbocycles. The van der Waals surface area contributed by atoms with Crippen molar-refractivity contribution in [3.05, 3.63) is 0 Å². The maximum atomic E-state index is 11.7. The van der Waals surface area contributed by atoms with Crippen molar-refractivity contribution < 1.29 is 43.0 Å². The highest BCUT2D eigenvalue weighted by Gasteiger charge is 2.27. The topological polar surface area (TPSA) is 176 Å². The SMILES string of the molecule is CC(C)(C)OC(=O)CC[C@H](N)C(C)(C)C.CC(C)(C)OC(=O)CC[C@H](NC(=O)CBr)C(C)(C)C.Cl.O=C=O.O=C=O. The molecule has 0 radical (unpaired) electrons. The summed E-state index contributed by atoms with van der Waals surface area (Å²) in [5, 5.41) is 3.20. The lowest BCUT2D eigenvalue weighted by Crippen LogP contribution is -2.44. The zero-order valence-electron chi connectivity index (χ0n) is 26.7. The lowest BCUT2D eigenvalue weighted by atomic mass is 9.84. The number of rotatable bonds is 8. The van der Waals surface area contributed by atoms with Crippen LogP contribution >= 0.6 is 28.3 Å². The lowest BCUT2D eigenvalue weighted by molar-refractivity contribution is -0.193. The minimum absolute atomic E-state index is 0. The van der Waals surface area contributed by atoms with E-state index in [9.17, 15) is 14.4 Å². The number of hydrogen-bond acceptors (Lipinski definition) is 10. The molecule has 0 fully saturated rings. The Labute approximate surface area is 260 Å². The first-order valence-electron chi connectivity index (χ1n) is 12.8. The van der Waals surface area contributed by atoms with E-state index in [2.05, 4.69) is 42.0 Å². The van der Waals surface area contributed by atoms with Crippen LogP contribution in [0.15, 0.2) is 0 Å². The molecule has 0 saturated carbocycles. The number of carbonyl (C=O) groups excluding carboxylic acids is 7. The van der Waals surface area contributed by atoms with Crippen molar-refractivity contribution in [1.82, 2.24) is 5.32 Å². The number of carbonyl (C=O) groups is 3. The fourth-order valence-corrected chi connectivity index (χ4v) is 2.87. The molecule has 0 unspecified atom stereocenters. The molecule has 0 bridgehead atoms. The van der Waals surface area contributed by atoms with Crippen molar-refractivity contribution in [2.75, 3.05) is 5.33 Å². The molecule has 1 amide bonds. The van der Waals surface area contributed by atoms with Crippen molar-refractivity contribution >= 4 is 58.5 Å². The van der Waals surface area contributed by atoms with E-state index in [4.69, 9.17) is 34.4 Å². The van der Waals surface area contributed by atoms with Crippen LogP contribution in [-0.4, -0.2) is 58.8 Å². The Kier molecular flexibility index (Phi) is 27.8. The molecule has 3 N–H and O–H groups in total. The molecule has 242 valence electrons. The second-order valence-electron chi connectivity index (χ2n) is 13.0. The number of nitrogens with one attached hydrogen (secondary N) is 1. The Hall–Kier alpha value is -2.10. The van der Waals surface area contributed by atoms with Gasteiger partial charge in [0.25, 0.3) is 0 Å². The average molecular weight is 676 g/mol. The van der Waals surface area contributed by atoms with Crippen LogP contribution in [0.5, 0.6) is 0 Å². The minimum atomic E-state index is -0.465. The van der Waals surface area contributed by atoms with E-state index in [1.165, 1.54) is 0 Å². The maximum Gasteiger partial charge on any atom is 0.373 e. The zero-order chi connectivity index (χ0) is 33.0. The molecule has 0 saturated heterocycles. The Morgan fingerprint density at radius 1 is 0.707 bits per heavy atom. The van der Waals surface area contributed by atoms with Gasteiger partial charge in [-0.1, -0.05) is 57.5 Å². The third-order valence-corrected chi connectivity index (χ3v) is 5.26. The predicted octanol–water partition coefficient (Wildman–Crippen LogP) is 4.77. The van der Waals surface area contributed by atoms with Crippen LogP contribution in [-0.2, 0) is 43.0 Å². The minimum Gasteiger partial charge on any atom is -0.460 e. The van der Waals surface area contributed by atoms with E-state index in [0.29, 0.717) is 25.7 Å². The Bertz CT molecular complexity index is 800. The molecular weight excluding hydrogens is 624 g/mol. The van der Waals surface area contributed by atoms with Crippen molar-refractivity contribution in [2.24, 2.45) is 16.6 Å². The van der Waals surface area contributed by atoms with E-state index in [0.717, 1.165) is 0 Å². The van der Waals surface area contributed by atoms with Crippen molar-refractivity contribution in [1.29, 1.82) is 0 Å². The van der Waals surface area contributed by atoms with Crippen LogP contribution in [0.2, 0.25) is 0 Å². The van der Waals surface area contributed by atoms with E-state index < -0.39 is 11.2 Å². The number of hydrogen-bond donors (Lipinski definition) is 2. The standard InChI is InChI=1S/C14H26BrNO3.C12H25NO2.2CO2.ClH/c1-13(2,3)10(16-11(17)9-15)7-8-12(18)19-14(4,5)6;1-11(2,3)9(13)7-8-10(14)15-12(4,5)6;2*2-1-3;/h10H,7-9H2,1-6H3,(H,16,17);9H,7-8,13H2,1-6H3;;;1H/t10-;9-;;;/m00.../s1. The molecular formula is C28H52BrClN2O9. The second kappa shape index (κ2) is 23.5. The molecule has 0 aliphatic heterocycles. The molecule has 0 aliphatic carbocycles. The number of amides is 1. The molecule has 0 aromatic rings. The van der Waals surface area contributed by atoms with Gasteiger partial charge in [-0.05, 0) is 65.2 Å². The van der Waals surface area contributed by atoms with Crippen LogP contribution in [0.25, 0.3) is 0 Å². The molecule has 2 atom stereocenters. The molecule has 11 nitrogen and oxygen atoms in total. The van der Waals surface area contributed by atoms with Gasteiger partial charge in [-0.15, -0.1) is 12.4 Å². The van der Waals surface area contributed by atoms with E-state index in [-0.39, 0.29) is 70.8 Å².